The van der Waals surface area contributed by atoms with Crippen molar-refractivity contribution in [2.24, 2.45) is 0 Å². The Morgan fingerprint density at radius 2 is 2.21 bits per heavy atom. The smallest absolute Gasteiger partial charge is 0.193 e. The summed E-state index contributed by atoms with van der Waals surface area (Å²) >= 11 is 1.69. The van der Waals surface area contributed by atoms with Crippen molar-refractivity contribution in [1.82, 2.24) is 19.6 Å². The Bertz CT molecular complexity index is 484. The number of fused-ring (bicyclic) bond motifs is 1. The molecule has 5 heteroatoms. The van der Waals surface area contributed by atoms with Crippen LogP contribution in [0.2, 0.25) is 0 Å². The van der Waals surface area contributed by atoms with E-state index in [2.05, 4.69) is 44.3 Å². The third-order valence-corrected chi connectivity index (χ3v) is 4.67. The second kappa shape index (κ2) is 6.03. The highest BCUT2D eigenvalue weighted by atomic mass is 32.1. The maximum absolute atomic E-state index is 4.59. The number of nitrogens with zero attached hydrogens (tertiary/aromatic N) is 3. The molecule has 0 radical (unpaired) electrons. The van der Waals surface area contributed by atoms with Gasteiger partial charge in [0.1, 0.15) is 0 Å². The second-order valence-corrected chi connectivity index (χ2v) is 6.27. The summed E-state index contributed by atoms with van der Waals surface area (Å²) < 4.78 is 2.09. The summed E-state index contributed by atoms with van der Waals surface area (Å²) in [4.78, 5) is 8.27. The van der Waals surface area contributed by atoms with E-state index >= 15 is 0 Å². The van der Waals surface area contributed by atoms with Gasteiger partial charge in [-0.05, 0) is 32.9 Å². The molecule has 1 aliphatic heterocycles. The summed E-state index contributed by atoms with van der Waals surface area (Å²) in [6, 6.07) is 0.629. The van der Waals surface area contributed by atoms with Crippen molar-refractivity contribution >= 4 is 16.3 Å². The van der Waals surface area contributed by atoms with E-state index in [1.807, 2.05) is 0 Å². The SMILES string of the molecule is CC(CNCc1cn2ccsc2n1)N1CCCCC1. The fourth-order valence-electron chi connectivity index (χ4n) is 2.76. The molecule has 3 rings (SSSR count). The third-order valence-electron chi connectivity index (χ3n) is 3.90. The van der Waals surface area contributed by atoms with Gasteiger partial charge in [0.2, 0.25) is 0 Å². The van der Waals surface area contributed by atoms with E-state index in [9.17, 15) is 0 Å². The molecule has 1 aliphatic rings. The van der Waals surface area contributed by atoms with Crippen molar-refractivity contribution in [1.29, 1.82) is 0 Å². The first-order valence-electron chi connectivity index (χ1n) is 7.19. The first-order chi connectivity index (χ1) is 9.33. The summed E-state index contributed by atoms with van der Waals surface area (Å²) in [6.07, 6.45) is 8.31. The molecule has 0 saturated carbocycles. The van der Waals surface area contributed by atoms with E-state index < -0.39 is 0 Å². The molecule has 1 unspecified atom stereocenters. The zero-order valence-electron chi connectivity index (χ0n) is 11.5. The van der Waals surface area contributed by atoms with Crippen molar-refractivity contribution in [2.75, 3.05) is 19.6 Å². The number of nitrogens with one attached hydrogen (secondary N) is 1. The number of hydrogen-bond donors (Lipinski definition) is 1. The van der Waals surface area contributed by atoms with E-state index in [0.717, 1.165) is 23.7 Å². The molecule has 4 nitrogen and oxygen atoms in total. The lowest BCUT2D eigenvalue weighted by Gasteiger charge is -2.32. The van der Waals surface area contributed by atoms with Gasteiger partial charge in [-0.25, -0.2) is 4.98 Å². The first-order valence-corrected chi connectivity index (χ1v) is 8.07. The molecule has 0 bridgehead atoms. The summed E-state index contributed by atoms with van der Waals surface area (Å²) in [5, 5.41) is 5.60. The monoisotopic (exact) mass is 278 g/mol. The van der Waals surface area contributed by atoms with Crippen LogP contribution in [-0.2, 0) is 6.54 Å². The number of aromatic nitrogens is 2. The molecule has 1 atom stereocenters. The van der Waals surface area contributed by atoms with Crippen LogP contribution in [0.25, 0.3) is 4.96 Å². The summed E-state index contributed by atoms with van der Waals surface area (Å²) in [7, 11) is 0. The Labute approximate surface area is 118 Å². The van der Waals surface area contributed by atoms with E-state index in [-0.39, 0.29) is 0 Å². The molecule has 3 heterocycles. The molecular formula is C14H22N4S. The fraction of sp³-hybridized carbons (Fsp3) is 0.643. The number of likely N-dealkylation sites (tertiary alicyclic amines) is 1. The highest BCUT2D eigenvalue weighted by molar-refractivity contribution is 7.15. The Hall–Kier alpha value is -0.910. The number of thiazole rings is 1. The van der Waals surface area contributed by atoms with Gasteiger partial charge in [-0.3, -0.25) is 9.30 Å². The minimum absolute atomic E-state index is 0.629. The number of imidazole rings is 1. The van der Waals surface area contributed by atoms with Gasteiger partial charge in [0.25, 0.3) is 0 Å². The van der Waals surface area contributed by atoms with Gasteiger partial charge in [0.15, 0.2) is 4.96 Å². The minimum Gasteiger partial charge on any atom is -0.310 e. The first kappa shape index (κ1) is 13.1. The van der Waals surface area contributed by atoms with Crippen LogP contribution < -0.4 is 5.32 Å². The zero-order valence-corrected chi connectivity index (χ0v) is 12.3. The van der Waals surface area contributed by atoms with Gasteiger partial charge >= 0.3 is 0 Å². The molecule has 0 aromatic carbocycles. The second-order valence-electron chi connectivity index (χ2n) is 5.40. The molecule has 1 N–H and O–H groups in total. The largest absolute Gasteiger partial charge is 0.310 e. The summed E-state index contributed by atoms with van der Waals surface area (Å²) in [5.74, 6) is 0. The molecule has 0 spiro atoms. The molecule has 0 amide bonds. The van der Waals surface area contributed by atoms with Gasteiger partial charge in [0, 0.05) is 36.9 Å². The molecule has 2 aromatic heterocycles. The third kappa shape index (κ3) is 3.16. The Balaban J connectivity index is 1.45. The maximum Gasteiger partial charge on any atom is 0.193 e. The van der Waals surface area contributed by atoms with Crippen LogP contribution in [0.5, 0.6) is 0 Å². The van der Waals surface area contributed by atoms with Gasteiger partial charge in [-0.1, -0.05) is 6.42 Å². The zero-order chi connectivity index (χ0) is 13.1. The molecule has 1 fully saturated rings. The maximum atomic E-state index is 4.59. The molecular weight excluding hydrogens is 256 g/mol. The molecule has 19 heavy (non-hydrogen) atoms. The van der Waals surface area contributed by atoms with Crippen LogP contribution in [0.4, 0.5) is 0 Å². The number of rotatable bonds is 5. The Morgan fingerprint density at radius 3 is 3.00 bits per heavy atom. The van der Waals surface area contributed by atoms with Crippen molar-refractivity contribution < 1.29 is 0 Å². The summed E-state index contributed by atoms with van der Waals surface area (Å²) in [5.41, 5.74) is 1.14. The van der Waals surface area contributed by atoms with Crippen molar-refractivity contribution in [3.05, 3.63) is 23.5 Å². The Kier molecular flexibility index (Phi) is 4.15. The lowest BCUT2D eigenvalue weighted by molar-refractivity contribution is 0.170. The minimum atomic E-state index is 0.629. The van der Waals surface area contributed by atoms with E-state index in [0.29, 0.717) is 6.04 Å². The van der Waals surface area contributed by atoms with Crippen molar-refractivity contribution in [3.63, 3.8) is 0 Å². The summed E-state index contributed by atoms with van der Waals surface area (Å²) in [6.45, 7) is 6.77. The molecule has 1 saturated heterocycles. The van der Waals surface area contributed by atoms with Gasteiger partial charge in [-0.2, -0.15) is 0 Å². The van der Waals surface area contributed by atoms with Crippen molar-refractivity contribution in [3.8, 4) is 0 Å². The van der Waals surface area contributed by atoms with E-state index in [4.69, 9.17) is 0 Å². The van der Waals surface area contributed by atoms with E-state index in [1.54, 1.807) is 11.3 Å². The van der Waals surface area contributed by atoms with Crippen LogP contribution in [0.15, 0.2) is 17.8 Å². The van der Waals surface area contributed by atoms with Crippen LogP contribution in [0.3, 0.4) is 0 Å². The lowest BCUT2D eigenvalue weighted by atomic mass is 10.1. The number of hydrogen-bond acceptors (Lipinski definition) is 4. The van der Waals surface area contributed by atoms with E-state index in [1.165, 1.54) is 32.4 Å². The quantitative estimate of drug-likeness (QED) is 0.911. The standard InChI is InChI=1S/C14H22N4S/c1-12(17-5-3-2-4-6-17)9-15-10-13-11-18-7-8-19-14(18)16-13/h7-8,11-12,15H,2-6,9-10H2,1H3. The molecule has 2 aromatic rings. The van der Waals surface area contributed by atoms with Gasteiger partial charge in [0.05, 0.1) is 5.69 Å². The predicted molar refractivity (Wildman–Crippen MR) is 79.7 cm³/mol. The van der Waals surface area contributed by atoms with Gasteiger partial charge in [-0.15, -0.1) is 11.3 Å². The van der Waals surface area contributed by atoms with Crippen LogP contribution in [-0.4, -0.2) is 40.0 Å². The average Bonchev–Trinajstić information content (AvgIpc) is 3.00. The lowest BCUT2D eigenvalue weighted by Crippen LogP contribution is -2.42. The molecule has 104 valence electrons. The topological polar surface area (TPSA) is 32.6 Å². The fourth-order valence-corrected chi connectivity index (χ4v) is 3.48. The normalized spacial score (nSPS) is 19.0. The average molecular weight is 278 g/mol. The van der Waals surface area contributed by atoms with Gasteiger partial charge < -0.3 is 5.32 Å². The Morgan fingerprint density at radius 1 is 1.37 bits per heavy atom. The van der Waals surface area contributed by atoms with Crippen LogP contribution in [0.1, 0.15) is 31.9 Å². The highest BCUT2D eigenvalue weighted by Gasteiger charge is 2.16. The molecule has 0 aliphatic carbocycles. The highest BCUT2D eigenvalue weighted by Crippen LogP contribution is 2.12. The van der Waals surface area contributed by atoms with Crippen LogP contribution in [0, 0.1) is 0 Å². The van der Waals surface area contributed by atoms with Crippen molar-refractivity contribution in [2.45, 2.75) is 38.8 Å². The van der Waals surface area contributed by atoms with Crippen LogP contribution >= 0.6 is 11.3 Å². The number of piperidine rings is 1. The predicted octanol–water partition coefficient (Wildman–Crippen LogP) is 2.36.